The summed E-state index contributed by atoms with van der Waals surface area (Å²) in [4.78, 5) is 4.63. The van der Waals surface area contributed by atoms with E-state index < -0.39 is 10.0 Å². The maximum Gasteiger partial charge on any atom is 0.218 e. The lowest BCUT2D eigenvalue weighted by Crippen LogP contribution is -2.41. The van der Waals surface area contributed by atoms with Gasteiger partial charge in [-0.05, 0) is 31.4 Å². The maximum atomic E-state index is 12.8. The first-order valence-corrected chi connectivity index (χ1v) is 11.9. The molecule has 0 unspecified atom stereocenters. The number of sulfonamides is 1. The predicted octanol–water partition coefficient (Wildman–Crippen LogP) is 1.33. The largest absolute Gasteiger partial charge is 0.382 e. The summed E-state index contributed by atoms with van der Waals surface area (Å²) in [5.74, 6) is 0.701. The van der Waals surface area contributed by atoms with E-state index in [0.717, 1.165) is 43.2 Å². The minimum atomic E-state index is -3.37. The Balaban J connectivity index is 2.01. The molecular formula is C20H34N4O4S. The van der Waals surface area contributed by atoms with E-state index in [4.69, 9.17) is 9.47 Å². The molecule has 1 aromatic rings. The Labute approximate surface area is 174 Å². The molecular weight excluding hydrogens is 392 g/mol. The smallest absolute Gasteiger partial charge is 0.218 e. The van der Waals surface area contributed by atoms with Gasteiger partial charge in [0.05, 0.1) is 25.5 Å². The number of rotatable bonds is 11. The van der Waals surface area contributed by atoms with Crippen LogP contribution in [0.5, 0.6) is 0 Å². The summed E-state index contributed by atoms with van der Waals surface area (Å²) in [5.41, 5.74) is 1.70. The molecule has 0 aromatic heterocycles. The van der Waals surface area contributed by atoms with E-state index in [1.54, 1.807) is 0 Å². The highest BCUT2D eigenvalue weighted by molar-refractivity contribution is 7.88. The highest BCUT2D eigenvalue weighted by Crippen LogP contribution is 2.17. The molecule has 1 fully saturated rings. The monoisotopic (exact) mass is 426 g/mol. The molecule has 29 heavy (non-hydrogen) atoms. The van der Waals surface area contributed by atoms with Crippen molar-refractivity contribution >= 4 is 16.0 Å². The fraction of sp³-hybridized carbons (Fsp3) is 0.650. The molecule has 0 saturated carbocycles. The summed E-state index contributed by atoms with van der Waals surface area (Å²) in [5, 5.41) is 6.51. The van der Waals surface area contributed by atoms with Crippen LogP contribution in [0.2, 0.25) is 0 Å². The van der Waals surface area contributed by atoms with Crippen LogP contribution in [0.1, 0.15) is 31.4 Å². The van der Waals surface area contributed by atoms with Crippen molar-refractivity contribution in [2.45, 2.75) is 32.6 Å². The first-order valence-electron chi connectivity index (χ1n) is 10.3. The third-order valence-corrected chi connectivity index (χ3v) is 6.36. The normalized spacial score (nSPS) is 16.0. The van der Waals surface area contributed by atoms with Crippen molar-refractivity contribution in [1.29, 1.82) is 0 Å². The molecule has 1 aliphatic rings. The lowest BCUT2D eigenvalue weighted by molar-refractivity contribution is 0.0729. The van der Waals surface area contributed by atoms with Crippen molar-refractivity contribution in [3.05, 3.63) is 35.4 Å². The van der Waals surface area contributed by atoms with E-state index in [0.29, 0.717) is 39.5 Å². The van der Waals surface area contributed by atoms with Crippen molar-refractivity contribution in [3.8, 4) is 0 Å². The number of nitrogens with one attached hydrogen (secondary N) is 2. The Morgan fingerprint density at radius 2 is 1.90 bits per heavy atom. The summed E-state index contributed by atoms with van der Waals surface area (Å²) in [6.07, 6.45) is 0.895. The standard InChI is InChI=1S/C20H34N4O4S/c1-3-21-20(22-10-7-13-27-4-2)23-16-18-8-5-6-9-19(18)17-29(25,26)24-11-14-28-15-12-24/h5-6,8-9H,3-4,7,10-17H2,1-2H3,(H2,21,22,23). The van der Waals surface area contributed by atoms with Gasteiger partial charge in [0.2, 0.25) is 10.0 Å². The number of guanidine groups is 1. The highest BCUT2D eigenvalue weighted by atomic mass is 32.2. The highest BCUT2D eigenvalue weighted by Gasteiger charge is 2.25. The predicted molar refractivity (Wildman–Crippen MR) is 115 cm³/mol. The zero-order valence-corrected chi connectivity index (χ0v) is 18.3. The molecule has 1 saturated heterocycles. The van der Waals surface area contributed by atoms with Crippen LogP contribution in [0.4, 0.5) is 0 Å². The number of nitrogens with zero attached hydrogens (tertiary/aromatic N) is 2. The van der Waals surface area contributed by atoms with Gasteiger partial charge in [-0.15, -0.1) is 0 Å². The lowest BCUT2D eigenvalue weighted by Gasteiger charge is -2.26. The summed E-state index contributed by atoms with van der Waals surface area (Å²) in [6.45, 7) is 9.09. The molecule has 0 spiro atoms. The van der Waals surface area contributed by atoms with Crippen molar-refractivity contribution < 1.29 is 17.9 Å². The Kier molecular flexibility index (Phi) is 10.4. The SMILES string of the molecule is CCNC(=NCc1ccccc1CS(=O)(=O)N1CCOCC1)NCCCOCC. The van der Waals surface area contributed by atoms with E-state index in [1.165, 1.54) is 4.31 Å². The van der Waals surface area contributed by atoms with Gasteiger partial charge in [-0.3, -0.25) is 0 Å². The first kappa shape index (κ1) is 23.6. The van der Waals surface area contributed by atoms with Gasteiger partial charge in [-0.1, -0.05) is 24.3 Å². The Morgan fingerprint density at radius 3 is 2.59 bits per heavy atom. The van der Waals surface area contributed by atoms with Crippen molar-refractivity contribution in [2.24, 2.45) is 4.99 Å². The second-order valence-corrected chi connectivity index (χ2v) is 8.68. The Morgan fingerprint density at radius 1 is 1.17 bits per heavy atom. The van der Waals surface area contributed by atoms with Crippen molar-refractivity contribution in [1.82, 2.24) is 14.9 Å². The molecule has 8 nitrogen and oxygen atoms in total. The van der Waals surface area contributed by atoms with Gasteiger partial charge in [-0.2, -0.15) is 4.31 Å². The second kappa shape index (κ2) is 12.8. The first-order chi connectivity index (χ1) is 14.1. The van der Waals surface area contributed by atoms with Crippen LogP contribution in [0.3, 0.4) is 0 Å². The molecule has 9 heteroatoms. The zero-order valence-electron chi connectivity index (χ0n) is 17.5. The summed E-state index contributed by atoms with van der Waals surface area (Å²) in [6, 6.07) is 7.59. The number of ether oxygens (including phenoxy) is 2. The van der Waals surface area contributed by atoms with Gasteiger partial charge in [0.15, 0.2) is 5.96 Å². The topological polar surface area (TPSA) is 92.3 Å². The molecule has 164 valence electrons. The van der Waals surface area contributed by atoms with Gasteiger partial charge in [0.25, 0.3) is 0 Å². The molecule has 1 heterocycles. The molecule has 0 atom stereocenters. The van der Waals surface area contributed by atoms with E-state index in [-0.39, 0.29) is 5.75 Å². The van der Waals surface area contributed by atoms with Gasteiger partial charge in [0, 0.05) is 39.4 Å². The van der Waals surface area contributed by atoms with Crippen molar-refractivity contribution in [3.63, 3.8) is 0 Å². The van der Waals surface area contributed by atoms with E-state index >= 15 is 0 Å². The summed E-state index contributed by atoms with van der Waals surface area (Å²) in [7, 11) is -3.37. The van der Waals surface area contributed by atoms with Gasteiger partial charge >= 0.3 is 0 Å². The second-order valence-electron chi connectivity index (χ2n) is 6.71. The van der Waals surface area contributed by atoms with Crippen LogP contribution in [0.25, 0.3) is 0 Å². The molecule has 1 aromatic carbocycles. The summed E-state index contributed by atoms with van der Waals surface area (Å²) >= 11 is 0. The molecule has 0 amide bonds. The zero-order chi connectivity index (χ0) is 21.0. The number of aliphatic imine (C=N–C) groups is 1. The molecule has 2 N–H and O–H groups in total. The van der Waals surface area contributed by atoms with Gasteiger partial charge in [0.1, 0.15) is 0 Å². The molecule has 0 aliphatic carbocycles. The fourth-order valence-electron chi connectivity index (χ4n) is 3.00. The van der Waals surface area contributed by atoms with E-state index in [2.05, 4.69) is 15.6 Å². The average molecular weight is 427 g/mol. The average Bonchev–Trinajstić information content (AvgIpc) is 2.73. The Bertz CT molecular complexity index is 734. The van der Waals surface area contributed by atoms with Crippen LogP contribution in [0.15, 0.2) is 29.3 Å². The molecule has 1 aliphatic heterocycles. The molecule has 0 bridgehead atoms. The number of hydrogen-bond donors (Lipinski definition) is 2. The van der Waals surface area contributed by atoms with Gasteiger partial charge in [-0.25, -0.2) is 13.4 Å². The minimum absolute atomic E-state index is 0.0168. The van der Waals surface area contributed by atoms with Crippen LogP contribution in [0, 0.1) is 0 Å². The lowest BCUT2D eigenvalue weighted by atomic mass is 10.1. The number of benzene rings is 1. The van der Waals surface area contributed by atoms with Crippen LogP contribution >= 0.6 is 0 Å². The third-order valence-electron chi connectivity index (χ3n) is 4.53. The minimum Gasteiger partial charge on any atom is -0.382 e. The number of hydrogen-bond acceptors (Lipinski definition) is 5. The summed E-state index contributed by atoms with van der Waals surface area (Å²) < 4.78 is 37.7. The van der Waals surface area contributed by atoms with Crippen LogP contribution < -0.4 is 10.6 Å². The van der Waals surface area contributed by atoms with Crippen LogP contribution in [-0.4, -0.2) is 71.3 Å². The van der Waals surface area contributed by atoms with Crippen LogP contribution in [-0.2, 0) is 31.8 Å². The number of morpholine rings is 1. The van der Waals surface area contributed by atoms with Gasteiger partial charge < -0.3 is 20.1 Å². The Hall–Kier alpha value is -1.68. The van der Waals surface area contributed by atoms with Crippen molar-refractivity contribution in [2.75, 3.05) is 52.6 Å². The fourth-order valence-corrected chi connectivity index (χ4v) is 4.56. The molecule has 0 radical (unpaired) electrons. The van der Waals surface area contributed by atoms with E-state index in [9.17, 15) is 8.42 Å². The maximum absolute atomic E-state index is 12.8. The molecule has 2 rings (SSSR count). The van der Waals surface area contributed by atoms with E-state index in [1.807, 2.05) is 38.1 Å². The quantitative estimate of drug-likeness (QED) is 0.315. The third kappa shape index (κ3) is 8.30.